The van der Waals surface area contributed by atoms with Crippen LogP contribution >= 0.6 is 33.9 Å². The van der Waals surface area contributed by atoms with Crippen LogP contribution in [0, 0.1) is 2.88 Å². The molecule has 2 rings (SSSR count). The first-order chi connectivity index (χ1) is 10.2. The number of thiophene rings is 1. The first-order valence-corrected chi connectivity index (χ1v) is 9.25. The molecular weight excluding hydrogens is 393 g/mol. The molecule has 1 N–H and O–H groups in total. The van der Waals surface area contributed by atoms with Gasteiger partial charge in [-0.2, -0.15) is 0 Å². The van der Waals surface area contributed by atoms with Crippen LogP contribution in [0.5, 0.6) is 0 Å². The van der Waals surface area contributed by atoms with Gasteiger partial charge in [0, 0.05) is 7.11 Å². The predicted octanol–water partition coefficient (Wildman–Crippen LogP) is 4.63. The molecule has 21 heavy (non-hydrogen) atoms. The van der Waals surface area contributed by atoms with Crippen molar-refractivity contribution in [3.05, 3.63) is 55.3 Å². The minimum Gasteiger partial charge on any atom is -0.384 e. The first-order valence-electron chi connectivity index (χ1n) is 7.29. The van der Waals surface area contributed by atoms with Crippen molar-refractivity contribution in [2.24, 2.45) is 0 Å². The summed E-state index contributed by atoms with van der Waals surface area (Å²) in [6, 6.07) is 11.5. The monoisotopic (exact) mass is 415 g/mol. The summed E-state index contributed by atoms with van der Waals surface area (Å²) in [5, 5.41) is 5.91. The van der Waals surface area contributed by atoms with E-state index in [9.17, 15) is 0 Å². The third kappa shape index (κ3) is 5.06. The van der Waals surface area contributed by atoms with E-state index in [4.69, 9.17) is 4.74 Å². The molecule has 0 amide bonds. The van der Waals surface area contributed by atoms with E-state index in [1.54, 1.807) is 18.4 Å². The number of rotatable bonds is 8. The van der Waals surface area contributed by atoms with Gasteiger partial charge in [0.05, 0.1) is 15.5 Å². The lowest BCUT2D eigenvalue weighted by Crippen LogP contribution is -2.22. The summed E-state index contributed by atoms with van der Waals surface area (Å²) in [4.78, 5) is 0. The number of ether oxygens (including phenoxy) is 1. The first kappa shape index (κ1) is 16.9. The third-order valence-electron chi connectivity index (χ3n) is 3.43. The summed E-state index contributed by atoms with van der Waals surface area (Å²) < 4.78 is 6.47. The van der Waals surface area contributed by atoms with Gasteiger partial charge in [0.1, 0.15) is 0 Å². The Bertz CT molecular complexity index is 538. The second-order valence-electron chi connectivity index (χ2n) is 5.06. The summed E-state index contributed by atoms with van der Waals surface area (Å²) >= 11 is 4.19. The van der Waals surface area contributed by atoms with Gasteiger partial charge >= 0.3 is 0 Å². The van der Waals surface area contributed by atoms with Crippen molar-refractivity contribution < 1.29 is 4.74 Å². The van der Waals surface area contributed by atoms with Crippen LogP contribution in [0.3, 0.4) is 0 Å². The second kappa shape index (κ2) is 8.88. The number of methoxy groups -OCH3 is 1. The van der Waals surface area contributed by atoms with E-state index in [2.05, 4.69) is 70.5 Å². The molecule has 1 atom stereocenters. The zero-order valence-corrected chi connectivity index (χ0v) is 15.5. The lowest BCUT2D eigenvalue weighted by Gasteiger charge is -2.18. The SMILES string of the molecule is CCCNC(c1ccc(CCOC)cc1)c1csc(I)c1. The Hall–Kier alpha value is -0.430. The van der Waals surface area contributed by atoms with Crippen LogP contribution in [0.4, 0.5) is 0 Å². The van der Waals surface area contributed by atoms with Gasteiger partial charge in [-0.1, -0.05) is 31.2 Å². The Morgan fingerprint density at radius 2 is 2.00 bits per heavy atom. The number of nitrogens with one attached hydrogen (secondary N) is 1. The maximum absolute atomic E-state index is 5.14. The molecule has 4 heteroatoms. The lowest BCUT2D eigenvalue weighted by molar-refractivity contribution is 0.202. The molecule has 1 aromatic carbocycles. The molecule has 114 valence electrons. The fourth-order valence-corrected chi connectivity index (χ4v) is 3.69. The van der Waals surface area contributed by atoms with E-state index in [1.807, 2.05) is 0 Å². The van der Waals surface area contributed by atoms with Crippen molar-refractivity contribution >= 4 is 33.9 Å². The van der Waals surface area contributed by atoms with Gasteiger partial charge in [-0.15, -0.1) is 11.3 Å². The normalized spacial score (nSPS) is 12.5. The number of benzene rings is 1. The summed E-state index contributed by atoms with van der Waals surface area (Å²) in [6.45, 7) is 4.01. The van der Waals surface area contributed by atoms with Crippen molar-refractivity contribution in [2.45, 2.75) is 25.8 Å². The van der Waals surface area contributed by atoms with Crippen molar-refractivity contribution in [1.82, 2.24) is 5.32 Å². The van der Waals surface area contributed by atoms with E-state index < -0.39 is 0 Å². The fourth-order valence-electron chi connectivity index (χ4n) is 2.29. The van der Waals surface area contributed by atoms with Gasteiger partial charge in [-0.3, -0.25) is 0 Å². The van der Waals surface area contributed by atoms with Crippen molar-refractivity contribution in [2.75, 3.05) is 20.3 Å². The highest BCUT2D eigenvalue weighted by molar-refractivity contribution is 14.1. The topological polar surface area (TPSA) is 21.3 Å². The van der Waals surface area contributed by atoms with Crippen LogP contribution in [-0.4, -0.2) is 20.3 Å². The van der Waals surface area contributed by atoms with Crippen LogP contribution in [0.2, 0.25) is 0 Å². The fraction of sp³-hybridized carbons (Fsp3) is 0.412. The van der Waals surface area contributed by atoms with Gasteiger partial charge in [0.15, 0.2) is 0 Å². The van der Waals surface area contributed by atoms with Gasteiger partial charge in [-0.05, 0) is 70.1 Å². The Morgan fingerprint density at radius 3 is 2.57 bits per heavy atom. The van der Waals surface area contributed by atoms with Gasteiger partial charge in [0.25, 0.3) is 0 Å². The molecule has 0 aliphatic heterocycles. The zero-order valence-electron chi connectivity index (χ0n) is 12.6. The highest BCUT2D eigenvalue weighted by Gasteiger charge is 2.14. The van der Waals surface area contributed by atoms with E-state index in [0.29, 0.717) is 6.04 Å². The van der Waals surface area contributed by atoms with Crippen LogP contribution in [0.25, 0.3) is 0 Å². The molecule has 0 bridgehead atoms. The lowest BCUT2D eigenvalue weighted by atomic mass is 9.99. The molecule has 1 aromatic heterocycles. The molecule has 0 aliphatic rings. The van der Waals surface area contributed by atoms with Gasteiger partial charge < -0.3 is 10.1 Å². The average Bonchev–Trinajstić information content (AvgIpc) is 2.93. The highest BCUT2D eigenvalue weighted by Crippen LogP contribution is 2.27. The van der Waals surface area contributed by atoms with Crippen LogP contribution in [0.1, 0.15) is 36.1 Å². The van der Waals surface area contributed by atoms with Gasteiger partial charge in [0.2, 0.25) is 0 Å². The molecule has 0 aliphatic carbocycles. The Balaban J connectivity index is 2.16. The minimum atomic E-state index is 0.293. The molecule has 0 fully saturated rings. The van der Waals surface area contributed by atoms with E-state index in [0.717, 1.165) is 26.0 Å². The average molecular weight is 415 g/mol. The Kier molecular flexibility index (Phi) is 7.16. The maximum atomic E-state index is 5.14. The smallest absolute Gasteiger partial charge is 0.0656 e. The van der Waals surface area contributed by atoms with Crippen LogP contribution in [-0.2, 0) is 11.2 Å². The van der Waals surface area contributed by atoms with Crippen molar-refractivity contribution in [1.29, 1.82) is 0 Å². The largest absolute Gasteiger partial charge is 0.384 e. The van der Waals surface area contributed by atoms with Crippen LogP contribution in [0.15, 0.2) is 35.7 Å². The molecule has 2 aromatic rings. The quantitative estimate of drug-likeness (QED) is 0.635. The van der Waals surface area contributed by atoms with Gasteiger partial charge in [-0.25, -0.2) is 0 Å². The molecule has 0 radical (unpaired) electrons. The van der Waals surface area contributed by atoms with E-state index >= 15 is 0 Å². The summed E-state index contributed by atoms with van der Waals surface area (Å²) in [5.41, 5.74) is 4.02. The molecule has 0 saturated carbocycles. The predicted molar refractivity (Wildman–Crippen MR) is 99.2 cm³/mol. The number of halogens is 1. The van der Waals surface area contributed by atoms with E-state index in [-0.39, 0.29) is 0 Å². The summed E-state index contributed by atoms with van der Waals surface area (Å²) in [7, 11) is 1.75. The Labute approximate surface area is 145 Å². The second-order valence-corrected chi connectivity index (χ2v) is 7.86. The Morgan fingerprint density at radius 1 is 1.24 bits per heavy atom. The highest BCUT2D eigenvalue weighted by atomic mass is 127. The zero-order chi connectivity index (χ0) is 15.1. The molecule has 0 spiro atoms. The third-order valence-corrected chi connectivity index (χ3v) is 5.23. The molecule has 1 unspecified atom stereocenters. The molecule has 1 heterocycles. The molecule has 2 nitrogen and oxygen atoms in total. The van der Waals surface area contributed by atoms with E-state index in [1.165, 1.54) is 19.6 Å². The summed E-state index contributed by atoms with van der Waals surface area (Å²) in [5.74, 6) is 0. The van der Waals surface area contributed by atoms with Crippen molar-refractivity contribution in [3.63, 3.8) is 0 Å². The number of hydrogen-bond donors (Lipinski definition) is 1. The minimum absolute atomic E-state index is 0.293. The molecule has 0 saturated heterocycles. The van der Waals surface area contributed by atoms with Crippen molar-refractivity contribution in [3.8, 4) is 0 Å². The van der Waals surface area contributed by atoms with Crippen LogP contribution < -0.4 is 5.32 Å². The maximum Gasteiger partial charge on any atom is 0.0656 e. The summed E-state index contributed by atoms with van der Waals surface area (Å²) in [6.07, 6.45) is 2.11. The standard InChI is InChI=1S/C17H22INOS/c1-3-9-19-17(15-11-16(18)21-12-15)14-6-4-13(5-7-14)8-10-20-2/h4-7,11-12,17,19H,3,8-10H2,1-2H3. The number of hydrogen-bond acceptors (Lipinski definition) is 3. The molecular formula is C17H22INOS.